The van der Waals surface area contributed by atoms with Crippen LogP contribution in [0.5, 0.6) is 0 Å². The van der Waals surface area contributed by atoms with Gasteiger partial charge in [-0.05, 0) is 6.07 Å². The van der Waals surface area contributed by atoms with Crippen LogP contribution in [0.3, 0.4) is 0 Å². The number of thiophene rings is 1. The van der Waals surface area contributed by atoms with E-state index in [0.717, 1.165) is 17.1 Å². The Morgan fingerprint density at radius 2 is 2.20 bits per heavy atom. The number of nitrogens with zero attached hydrogens (tertiary/aromatic N) is 1. The smallest absolute Gasteiger partial charge is 0.179 e. The highest BCUT2D eigenvalue weighted by atomic mass is 35.5. The molecule has 112 valence electrons. The highest BCUT2D eigenvalue weighted by molar-refractivity contribution is 8.00. The fourth-order valence-corrected chi connectivity index (χ4v) is 6.43. The summed E-state index contributed by atoms with van der Waals surface area (Å²) in [4.78, 5) is 13.9. The summed E-state index contributed by atoms with van der Waals surface area (Å²) in [6.07, 6.45) is 1.20. The molecule has 1 fully saturated rings. The van der Waals surface area contributed by atoms with Gasteiger partial charge >= 0.3 is 0 Å². The molecule has 0 bridgehead atoms. The van der Waals surface area contributed by atoms with Gasteiger partial charge in [0, 0.05) is 24.3 Å². The van der Waals surface area contributed by atoms with Crippen LogP contribution in [0.25, 0.3) is 0 Å². The van der Waals surface area contributed by atoms with Gasteiger partial charge in [-0.3, -0.25) is 9.69 Å². The minimum absolute atomic E-state index is 0.0467. The molecule has 0 amide bonds. The molecule has 4 nitrogen and oxygen atoms in total. The van der Waals surface area contributed by atoms with Crippen molar-refractivity contribution in [1.82, 2.24) is 4.90 Å². The number of rotatable bonds is 4. The van der Waals surface area contributed by atoms with Gasteiger partial charge in [-0.2, -0.15) is 11.8 Å². The minimum atomic E-state index is -3.21. The zero-order valence-corrected chi connectivity index (χ0v) is 14.6. The van der Waals surface area contributed by atoms with E-state index in [4.69, 9.17) is 23.2 Å². The largest absolute Gasteiger partial charge is 0.293 e. The molecule has 1 aliphatic rings. The summed E-state index contributed by atoms with van der Waals surface area (Å²) in [5, 5.41) is -0.613. The average molecular weight is 374 g/mol. The number of thioether (sulfide) groups is 1. The monoisotopic (exact) mass is 373 g/mol. The summed E-state index contributed by atoms with van der Waals surface area (Å²) in [6, 6.07) is 1.53. The van der Waals surface area contributed by atoms with Crippen molar-refractivity contribution < 1.29 is 13.2 Å². The molecule has 1 aromatic rings. The lowest BCUT2D eigenvalue weighted by atomic mass is 10.2. The number of carbonyl (C=O) groups excluding carboxylic acids is 1. The van der Waals surface area contributed by atoms with Crippen LogP contribution < -0.4 is 0 Å². The SMILES string of the molecule is CS(=O)(=O)C1CSCCN1CC(=O)c1cc(Cl)sc1Cl. The van der Waals surface area contributed by atoms with E-state index < -0.39 is 15.2 Å². The Morgan fingerprint density at radius 1 is 1.50 bits per heavy atom. The molecule has 2 heterocycles. The van der Waals surface area contributed by atoms with E-state index in [1.807, 2.05) is 0 Å². The predicted molar refractivity (Wildman–Crippen MR) is 86.2 cm³/mol. The Kier molecular flexibility index (Phi) is 5.42. The van der Waals surface area contributed by atoms with Gasteiger partial charge in [0.15, 0.2) is 15.6 Å². The van der Waals surface area contributed by atoms with E-state index in [2.05, 4.69) is 0 Å². The van der Waals surface area contributed by atoms with Gasteiger partial charge in [-0.15, -0.1) is 11.3 Å². The molecule has 0 saturated carbocycles. The maximum Gasteiger partial charge on any atom is 0.179 e. The van der Waals surface area contributed by atoms with Crippen molar-refractivity contribution in [3.05, 3.63) is 20.3 Å². The third-order valence-electron chi connectivity index (χ3n) is 2.99. The molecule has 0 aromatic carbocycles. The van der Waals surface area contributed by atoms with Crippen LogP contribution in [0.15, 0.2) is 6.07 Å². The summed E-state index contributed by atoms with van der Waals surface area (Å²) in [6.45, 7) is 0.620. The number of hydrogen-bond acceptors (Lipinski definition) is 6. The third kappa shape index (κ3) is 3.90. The second-order valence-electron chi connectivity index (χ2n) is 4.49. The number of halogens is 2. The molecule has 1 aliphatic heterocycles. The molecule has 0 radical (unpaired) electrons. The van der Waals surface area contributed by atoms with Crippen LogP contribution in [0.4, 0.5) is 0 Å². The Hall–Kier alpha value is 0.210. The van der Waals surface area contributed by atoms with Gasteiger partial charge in [0.2, 0.25) is 0 Å². The first-order valence-corrected chi connectivity index (χ1v) is 10.5. The van der Waals surface area contributed by atoms with Crippen LogP contribution in [0.1, 0.15) is 10.4 Å². The number of carbonyl (C=O) groups is 1. The van der Waals surface area contributed by atoms with Crippen molar-refractivity contribution in [3.63, 3.8) is 0 Å². The first kappa shape index (κ1) is 16.6. The normalized spacial score (nSPS) is 21.1. The quantitative estimate of drug-likeness (QED) is 0.759. The number of ketones is 1. The fourth-order valence-electron chi connectivity index (χ4n) is 1.99. The first-order valence-electron chi connectivity index (χ1n) is 5.77. The second kappa shape index (κ2) is 6.54. The molecule has 20 heavy (non-hydrogen) atoms. The molecule has 1 atom stereocenters. The summed E-state index contributed by atoms with van der Waals surface area (Å²) in [5.41, 5.74) is 0.368. The topological polar surface area (TPSA) is 54.5 Å². The first-order chi connectivity index (χ1) is 9.29. The van der Waals surface area contributed by atoms with Gasteiger partial charge in [-0.25, -0.2) is 8.42 Å². The van der Waals surface area contributed by atoms with Gasteiger partial charge in [-0.1, -0.05) is 23.2 Å². The number of hydrogen-bond donors (Lipinski definition) is 0. The van der Waals surface area contributed by atoms with Crippen molar-refractivity contribution in [2.24, 2.45) is 0 Å². The van der Waals surface area contributed by atoms with Gasteiger partial charge in [0.05, 0.1) is 16.4 Å². The van der Waals surface area contributed by atoms with Gasteiger partial charge in [0.1, 0.15) is 9.71 Å². The molecule has 0 aliphatic carbocycles. The van der Waals surface area contributed by atoms with Crippen molar-refractivity contribution in [2.45, 2.75) is 5.37 Å². The molecule has 1 aromatic heterocycles. The van der Waals surface area contributed by atoms with Crippen LogP contribution >= 0.6 is 46.3 Å². The van der Waals surface area contributed by atoms with Crippen molar-refractivity contribution >= 4 is 61.9 Å². The summed E-state index contributed by atoms with van der Waals surface area (Å²) >= 11 is 14.5. The Labute approximate surface area is 136 Å². The standard InChI is InChI=1S/C11H13Cl2NO3S3/c1-20(16,17)10-6-18-3-2-14(10)5-8(15)7-4-9(12)19-11(7)13/h4,10H,2-3,5-6H2,1H3. The molecule has 0 spiro atoms. The van der Waals surface area contributed by atoms with Gasteiger partial charge < -0.3 is 0 Å². The van der Waals surface area contributed by atoms with Crippen LogP contribution in [0.2, 0.25) is 8.67 Å². The predicted octanol–water partition coefficient (Wildman–Crippen LogP) is 2.66. The van der Waals surface area contributed by atoms with E-state index in [1.165, 1.54) is 12.3 Å². The maximum atomic E-state index is 12.2. The average Bonchev–Trinajstić information content (AvgIpc) is 2.68. The Bertz CT molecular complexity index is 614. The number of Topliss-reactive ketones (excluding diaryl/α,β-unsaturated/α-hetero) is 1. The molecule has 1 unspecified atom stereocenters. The molecule has 0 N–H and O–H groups in total. The van der Waals surface area contributed by atoms with E-state index >= 15 is 0 Å². The zero-order valence-electron chi connectivity index (χ0n) is 10.6. The van der Waals surface area contributed by atoms with Gasteiger partial charge in [0.25, 0.3) is 0 Å². The number of sulfone groups is 1. The van der Waals surface area contributed by atoms with Crippen molar-refractivity contribution in [3.8, 4) is 0 Å². The van der Waals surface area contributed by atoms with Crippen LogP contribution in [-0.4, -0.2) is 55.3 Å². The van der Waals surface area contributed by atoms with E-state index in [1.54, 1.807) is 16.7 Å². The van der Waals surface area contributed by atoms with E-state index in [9.17, 15) is 13.2 Å². The van der Waals surface area contributed by atoms with E-state index in [-0.39, 0.29) is 12.3 Å². The van der Waals surface area contributed by atoms with Crippen LogP contribution in [0, 0.1) is 0 Å². The molecule has 1 saturated heterocycles. The van der Waals surface area contributed by atoms with Crippen LogP contribution in [-0.2, 0) is 9.84 Å². The lowest BCUT2D eigenvalue weighted by molar-refractivity contribution is 0.0929. The summed E-state index contributed by atoms with van der Waals surface area (Å²) in [5.74, 6) is 1.11. The lowest BCUT2D eigenvalue weighted by Gasteiger charge is -2.33. The Morgan fingerprint density at radius 3 is 2.75 bits per heavy atom. The highest BCUT2D eigenvalue weighted by Gasteiger charge is 2.32. The summed E-state index contributed by atoms with van der Waals surface area (Å²) < 4.78 is 24.3. The third-order valence-corrected chi connectivity index (χ3v) is 7.16. The Balaban J connectivity index is 2.15. The van der Waals surface area contributed by atoms with Crippen molar-refractivity contribution in [2.75, 3.05) is 30.9 Å². The maximum absolute atomic E-state index is 12.2. The second-order valence-corrected chi connectivity index (χ2v) is 10.1. The summed E-state index contributed by atoms with van der Waals surface area (Å²) in [7, 11) is -3.21. The van der Waals surface area contributed by atoms with E-state index in [0.29, 0.717) is 26.5 Å². The molecular weight excluding hydrogens is 361 g/mol. The minimum Gasteiger partial charge on any atom is -0.293 e. The molecule has 9 heteroatoms. The molecule has 2 rings (SSSR count). The zero-order chi connectivity index (χ0) is 14.9. The fraction of sp³-hybridized carbons (Fsp3) is 0.545. The molecular formula is C11H13Cl2NO3S3. The highest BCUT2D eigenvalue weighted by Crippen LogP contribution is 2.32. The lowest BCUT2D eigenvalue weighted by Crippen LogP contribution is -2.48. The van der Waals surface area contributed by atoms with Crippen molar-refractivity contribution in [1.29, 1.82) is 0 Å².